The predicted molar refractivity (Wildman–Crippen MR) is 144 cm³/mol. The topological polar surface area (TPSA) is 67.2 Å². The molecule has 1 saturated heterocycles. The van der Waals surface area contributed by atoms with E-state index in [1.807, 2.05) is 37.4 Å². The minimum absolute atomic E-state index is 0.0174. The van der Waals surface area contributed by atoms with E-state index in [-0.39, 0.29) is 17.4 Å². The Morgan fingerprint density at radius 1 is 1.06 bits per heavy atom. The first-order valence-corrected chi connectivity index (χ1v) is 12.9. The van der Waals surface area contributed by atoms with Gasteiger partial charge in [0.2, 0.25) is 11.9 Å². The quantitative estimate of drug-likeness (QED) is 0.416. The summed E-state index contributed by atoms with van der Waals surface area (Å²) in [5.74, 6) is 0.488. The van der Waals surface area contributed by atoms with Gasteiger partial charge in [-0.05, 0) is 73.9 Å². The normalized spacial score (nSPS) is 16.0. The lowest BCUT2D eigenvalue weighted by molar-refractivity contribution is -0.120. The minimum atomic E-state index is -0.174. The number of amides is 1. The standard InChI is InChI=1S/C28H30N4O2S/c1-18-6-8-21(9-7-18)16-32-27(34)25-24(10-12-35-25)30-28(32)31-11-4-5-22(17-31)26(33)29-23-14-19(2)13-20(3)15-23/h6-10,12-15,22H,4-5,11,16-17H2,1-3H3,(H,29,33). The molecule has 0 bridgehead atoms. The molecule has 1 amide bonds. The average Bonchev–Trinajstić information content (AvgIpc) is 3.30. The minimum Gasteiger partial charge on any atom is -0.341 e. The van der Waals surface area contributed by atoms with Crippen LogP contribution in [0.5, 0.6) is 0 Å². The van der Waals surface area contributed by atoms with Gasteiger partial charge in [0.05, 0.1) is 18.0 Å². The number of rotatable bonds is 5. The first-order chi connectivity index (χ1) is 16.9. The van der Waals surface area contributed by atoms with Crippen LogP contribution in [-0.4, -0.2) is 28.5 Å². The molecule has 5 rings (SSSR count). The van der Waals surface area contributed by atoms with Gasteiger partial charge in [0.25, 0.3) is 5.56 Å². The monoisotopic (exact) mass is 486 g/mol. The average molecular weight is 487 g/mol. The molecule has 2 aromatic carbocycles. The second-order valence-electron chi connectivity index (χ2n) is 9.57. The van der Waals surface area contributed by atoms with Gasteiger partial charge in [-0.25, -0.2) is 4.98 Å². The molecule has 180 valence electrons. The van der Waals surface area contributed by atoms with E-state index < -0.39 is 0 Å². The number of benzene rings is 2. The molecule has 0 radical (unpaired) electrons. The lowest BCUT2D eigenvalue weighted by atomic mass is 9.97. The van der Waals surface area contributed by atoms with E-state index >= 15 is 0 Å². The fourth-order valence-electron chi connectivity index (χ4n) is 4.86. The van der Waals surface area contributed by atoms with Gasteiger partial charge in [0, 0.05) is 18.8 Å². The Kier molecular flexibility index (Phi) is 6.43. The van der Waals surface area contributed by atoms with Gasteiger partial charge in [-0.15, -0.1) is 11.3 Å². The summed E-state index contributed by atoms with van der Waals surface area (Å²) in [6.45, 7) is 7.87. The van der Waals surface area contributed by atoms with Gasteiger partial charge in [-0.3, -0.25) is 14.2 Å². The molecule has 6 nitrogen and oxygen atoms in total. The molecule has 0 saturated carbocycles. The molecule has 3 heterocycles. The second kappa shape index (κ2) is 9.66. The zero-order valence-corrected chi connectivity index (χ0v) is 21.2. The highest BCUT2D eigenvalue weighted by Gasteiger charge is 2.29. The maximum atomic E-state index is 13.5. The Labute approximate surface area is 209 Å². The molecule has 7 heteroatoms. The first kappa shape index (κ1) is 23.3. The highest BCUT2D eigenvalue weighted by molar-refractivity contribution is 7.17. The number of anilines is 2. The molecule has 35 heavy (non-hydrogen) atoms. The third kappa shape index (κ3) is 5.00. The van der Waals surface area contributed by atoms with Crippen LogP contribution in [0.15, 0.2) is 58.7 Å². The number of carbonyl (C=O) groups is 1. The number of carbonyl (C=O) groups excluding carboxylic acids is 1. The Morgan fingerprint density at radius 2 is 1.80 bits per heavy atom. The molecule has 1 fully saturated rings. The van der Waals surface area contributed by atoms with Crippen molar-refractivity contribution in [1.82, 2.24) is 9.55 Å². The zero-order chi connectivity index (χ0) is 24.5. The number of piperidine rings is 1. The van der Waals surface area contributed by atoms with Crippen molar-refractivity contribution in [2.24, 2.45) is 5.92 Å². The molecule has 0 spiro atoms. The van der Waals surface area contributed by atoms with Crippen molar-refractivity contribution in [1.29, 1.82) is 0 Å². The Hall–Kier alpha value is -3.45. The largest absolute Gasteiger partial charge is 0.341 e. The molecule has 0 aliphatic carbocycles. The van der Waals surface area contributed by atoms with Crippen LogP contribution in [0.25, 0.3) is 10.2 Å². The highest BCUT2D eigenvalue weighted by atomic mass is 32.1. The predicted octanol–water partition coefficient (Wildman–Crippen LogP) is 5.29. The van der Waals surface area contributed by atoms with Crippen molar-refractivity contribution in [2.45, 2.75) is 40.2 Å². The van der Waals surface area contributed by atoms with E-state index in [0.717, 1.165) is 47.3 Å². The first-order valence-electron chi connectivity index (χ1n) is 12.0. The van der Waals surface area contributed by atoms with E-state index in [1.54, 1.807) is 4.57 Å². The Bertz CT molecular complexity index is 1420. The number of nitrogens with zero attached hydrogens (tertiary/aromatic N) is 3. The maximum absolute atomic E-state index is 13.5. The molecular formula is C28H30N4O2S. The van der Waals surface area contributed by atoms with Gasteiger partial charge in [-0.1, -0.05) is 35.9 Å². The Morgan fingerprint density at radius 3 is 2.54 bits per heavy atom. The molecule has 1 atom stereocenters. The van der Waals surface area contributed by atoms with Crippen molar-refractivity contribution in [3.8, 4) is 0 Å². The van der Waals surface area contributed by atoms with Gasteiger partial charge in [-0.2, -0.15) is 0 Å². The zero-order valence-electron chi connectivity index (χ0n) is 20.4. The molecular weight excluding hydrogens is 456 g/mol. The van der Waals surface area contributed by atoms with Crippen molar-refractivity contribution < 1.29 is 4.79 Å². The van der Waals surface area contributed by atoms with Crippen molar-refractivity contribution in [3.05, 3.63) is 86.5 Å². The van der Waals surface area contributed by atoms with E-state index in [9.17, 15) is 9.59 Å². The number of nitrogens with one attached hydrogen (secondary N) is 1. The molecule has 4 aromatic rings. The Balaban J connectivity index is 1.44. The van der Waals surface area contributed by atoms with Gasteiger partial charge >= 0.3 is 0 Å². The van der Waals surface area contributed by atoms with E-state index in [0.29, 0.717) is 23.7 Å². The van der Waals surface area contributed by atoms with E-state index in [4.69, 9.17) is 4.98 Å². The van der Waals surface area contributed by atoms with Crippen LogP contribution in [0.1, 0.15) is 35.1 Å². The summed E-state index contributed by atoms with van der Waals surface area (Å²) in [5.41, 5.74) is 6.01. The third-order valence-corrected chi connectivity index (χ3v) is 7.46. The van der Waals surface area contributed by atoms with Crippen LogP contribution in [0.3, 0.4) is 0 Å². The second-order valence-corrected chi connectivity index (χ2v) is 10.5. The van der Waals surface area contributed by atoms with Gasteiger partial charge in [0.15, 0.2) is 0 Å². The summed E-state index contributed by atoms with van der Waals surface area (Å²) in [6.07, 6.45) is 1.68. The van der Waals surface area contributed by atoms with Crippen LogP contribution in [0.4, 0.5) is 11.6 Å². The molecule has 1 aliphatic heterocycles. The number of aryl methyl sites for hydroxylation is 3. The summed E-state index contributed by atoms with van der Waals surface area (Å²) < 4.78 is 2.44. The number of thiophene rings is 1. The molecule has 1 aliphatic rings. The maximum Gasteiger partial charge on any atom is 0.273 e. The van der Waals surface area contributed by atoms with Crippen LogP contribution in [0.2, 0.25) is 0 Å². The summed E-state index contributed by atoms with van der Waals surface area (Å²) >= 11 is 1.43. The number of hydrogen-bond acceptors (Lipinski definition) is 5. The number of aromatic nitrogens is 2. The number of hydrogen-bond donors (Lipinski definition) is 1. The molecule has 1 N–H and O–H groups in total. The van der Waals surface area contributed by atoms with Crippen LogP contribution >= 0.6 is 11.3 Å². The third-order valence-electron chi connectivity index (χ3n) is 6.57. The SMILES string of the molecule is Cc1ccc(Cn2c(N3CCCC(C(=O)Nc4cc(C)cc(C)c4)C3)nc3ccsc3c2=O)cc1. The fraction of sp³-hybridized carbons (Fsp3) is 0.321. The summed E-state index contributed by atoms with van der Waals surface area (Å²) in [7, 11) is 0. The lowest BCUT2D eigenvalue weighted by Crippen LogP contribution is -2.43. The summed E-state index contributed by atoms with van der Waals surface area (Å²) in [4.78, 5) is 33.7. The van der Waals surface area contributed by atoms with Crippen molar-refractivity contribution >= 4 is 39.1 Å². The number of fused-ring (bicyclic) bond motifs is 1. The van der Waals surface area contributed by atoms with Gasteiger partial charge in [0.1, 0.15) is 4.70 Å². The highest BCUT2D eigenvalue weighted by Crippen LogP contribution is 2.26. The summed E-state index contributed by atoms with van der Waals surface area (Å²) in [5, 5.41) is 5.02. The van der Waals surface area contributed by atoms with E-state index in [2.05, 4.69) is 47.5 Å². The molecule has 2 aromatic heterocycles. The molecule has 1 unspecified atom stereocenters. The van der Waals surface area contributed by atoms with Gasteiger partial charge < -0.3 is 10.2 Å². The van der Waals surface area contributed by atoms with Crippen LogP contribution in [-0.2, 0) is 11.3 Å². The van der Waals surface area contributed by atoms with E-state index in [1.165, 1.54) is 16.9 Å². The van der Waals surface area contributed by atoms with Crippen molar-refractivity contribution in [2.75, 3.05) is 23.3 Å². The van der Waals surface area contributed by atoms with Crippen LogP contribution < -0.4 is 15.8 Å². The summed E-state index contributed by atoms with van der Waals surface area (Å²) in [6, 6.07) is 16.2. The lowest BCUT2D eigenvalue weighted by Gasteiger charge is -2.34. The van der Waals surface area contributed by atoms with Crippen molar-refractivity contribution in [3.63, 3.8) is 0 Å². The smallest absolute Gasteiger partial charge is 0.273 e. The fourth-order valence-corrected chi connectivity index (χ4v) is 5.63. The van der Waals surface area contributed by atoms with Crippen LogP contribution in [0, 0.1) is 26.7 Å².